The normalized spacial score (nSPS) is 24.3. The summed E-state index contributed by atoms with van der Waals surface area (Å²) in [7, 11) is 0. The first-order valence-corrected chi connectivity index (χ1v) is 8.85. The smallest absolute Gasteiger partial charge is 0.227 e. The summed E-state index contributed by atoms with van der Waals surface area (Å²) in [6.07, 6.45) is 2.40. The highest BCUT2D eigenvalue weighted by Gasteiger charge is 2.36. The predicted octanol–water partition coefficient (Wildman–Crippen LogP) is 1.83. The van der Waals surface area contributed by atoms with E-state index in [0.29, 0.717) is 13.0 Å². The summed E-state index contributed by atoms with van der Waals surface area (Å²) in [5.74, 6) is -0.187. The second-order valence-corrected chi connectivity index (χ2v) is 7.20. The van der Waals surface area contributed by atoms with E-state index in [0.717, 1.165) is 42.7 Å². The van der Waals surface area contributed by atoms with Crippen molar-refractivity contribution in [2.45, 2.75) is 46.1 Å². The van der Waals surface area contributed by atoms with Crippen LogP contribution in [0.25, 0.3) is 0 Å². The lowest BCUT2D eigenvalue weighted by Gasteiger charge is -2.25. The quantitative estimate of drug-likeness (QED) is 0.889. The van der Waals surface area contributed by atoms with Crippen LogP contribution in [-0.2, 0) is 9.59 Å². The van der Waals surface area contributed by atoms with Gasteiger partial charge in [-0.25, -0.2) is 0 Å². The Morgan fingerprint density at radius 2 is 1.96 bits per heavy atom. The second-order valence-electron chi connectivity index (χ2n) is 7.20. The maximum Gasteiger partial charge on any atom is 0.227 e. The maximum atomic E-state index is 12.5. The predicted molar refractivity (Wildman–Crippen MR) is 95.1 cm³/mol. The van der Waals surface area contributed by atoms with E-state index in [-0.39, 0.29) is 23.8 Å². The topological polar surface area (TPSA) is 61.4 Å². The Bertz CT molecular complexity index is 627. The van der Waals surface area contributed by atoms with E-state index in [4.69, 9.17) is 0 Å². The standard InChI is InChI=1S/C19H27N3O2/c1-12-7-13(2)18(14(3)8-12)22-11-15(9-17(22)23)19(24)21-16-5-4-6-20-10-16/h7-8,15-16,20H,4-6,9-11H2,1-3H3,(H,21,24). The molecule has 2 aliphatic heterocycles. The van der Waals surface area contributed by atoms with Gasteiger partial charge in [0.15, 0.2) is 0 Å². The van der Waals surface area contributed by atoms with Crippen molar-refractivity contribution >= 4 is 17.5 Å². The van der Waals surface area contributed by atoms with E-state index in [1.165, 1.54) is 5.56 Å². The molecule has 5 heteroatoms. The van der Waals surface area contributed by atoms with E-state index in [2.05, 4.69) is 29.7 Å². The van der Waals surface area contributed by atoms with Gasteiger partial charge in [-0.3, -0.25) is 9.59 Å². The molecule has 2 unspecified atom stereocenters. The first-order chi connectivity index (χ1) is 11.5. The van der Waals surface area contributed by atoms with E-state index >= 15 is 0 Å². The lowest BCUT2D eigenvalue weighted by Crippen LogP contribution is -2.47. The molecule has 2 aliphatic rings. The third-order valence-electron chi connectivity index (χ3n) is 5.04. The molecule has 2 amide bonds. The SMILES string of the molecule is Cc1cc(C)c(N2CC(C(=O)NC3CCCNC3)CC2=O)c(C)c1. The van der Waals surface area contributed by atoms with Crippen LogP contribution in [0, 0.1) is 26.7 Å². The van der Waals surface area contributed by atoms with Gasteiger partial charge in [0.1, 0.15) is 0 Å². The third-order valence-corrected chi connectivity index (χ3v) is 5.04. The van der Waals surface area contributed by atoms with Crippen molar-refractivity contribution in [3.63, 3.8) is 0 Å². The molecule has 0 saturated carbocycles. The van der Waals surface area contributed by atoms with Crippen LogP contribution in [0.2, 0.25) is 0 Å². The largest absolute Gasteiger partial charge is 0.352 e. The van der Waals surface area contributed by atoms with Gasteiger partial charge in [-0.2, -0.15) is 0 Å². The maximum absolute atomic E-state index is 12.5. The summed E-state index contributed by atoms with van der Waals surface area (Å²) >= 11 is 0. The van der Waals surface area contributed by atoms with Gasteiger partial charge in [-0.1, -0.05) is 17.7 Å². The lowest BCUT2D eigenvalue weighted by atomic mass is 10.0. The van der Waals surface area contributed by atoms with Crippen molar-refractivity contribution in [3.8, 4) is 0 Å². The number of benzene rings is 1. The molecule has 24 heavy (non-hydrogen) atoms. The summed E-state index contributed by atoms with van der Waals surface area (Å²) < 4.78 is 0. The van der Waals surface area contributed by atoms with Crippen molar-refractivity contribution in [1.82, 2.24) is 10.6 Å². The number of rotatable bonds is 3. The van der Waals surface area contributed by atoms with Gasteiger partial charge in [0.05, 0.1) is 5.92 Å². The van der Waals surface area contributed by atoms with Gasteiger partial charge >= 0.3 is 0 Å². The van der Waals surface area contributed by atoms with Crippen LogP contribution in [0.4, 0.5) is 5.69 Å². The van der Waals surface area contributed by atoms with Crippen LogP contribution in [0.3, 0.4) is 0 Å². The van der Waals surface area contributed by atoms with Crippen molar-refractivity contribution in [2.75, 3.05) is 24.5 Å². The van der Waals surface area contributed by atoms with E-state index in [9.17, 15) is 9.59 Å². The minimum absolute atomic E-state index is 0.0157. The summed E-state index contributed by atoms with van der Waals surface area (Å²) in [5.41, 5.74) is 4.36. The molecule has 0 aromatic heterocycles. The Kier molecular flexibility index (Phi) is 4.90. The number of nitrogens with zero attached hydrogens (tertiary/aromatic N) is 1. The molecule has 0 aliphatic carbocycles. The Morgan fingerprint density at radius 1 is 1.25 bits per heavy atom. The van der Waals surface area contributed by atoms with Gasteiger partial charge in [0.2, 0.25) is 11.8 Å². The van der Waals surface area contributed by atoms with E-state index in [1.807, 2.05) is 13.8 Å². The Balaban J connectivity index is 1.70. The molecular weight excluding hydrogens is 302 g/mol. The monoisotopic (exact) mass is 329 g/mol. The van der Waals surface area contributed by atoms with Gasteiger partial charge in [-0.15, -0.1) is 0 Å². The number of anilines is 1. The zero-order valence-electron chi connectivity index (χ0n) is 14.8. The minimum atomic E-state index is -0.250. The van der Waals surface area contributed by atoms with Crippen molar-refractivity contribution < 1.29 is 9.59 Å². The average Bonchev–Trinajstić information content (AvgIpc) is 2.89. The fourth-order valence-corrected chi connectivity index (χ4v) is 3.99. The van der Waals surface area contributed by atoms with Crippen LogP contribution in [0.15, 0.2) is 12.1 Å². The molecule has 0 bridgehead atoms. The molecule has 2 heterocycles. The van der Waals surface area contributed by atoms with Crippen molar-refractivity contribution in [2.24, 2.45) is 5.92 Å². The minimum Gasteiger partial charge on any atom is -0.352 e. The van der Waals surface area contributed by atoms with E-state index < -0.39 is 0 Å². The molecule has 1 aromatic carbocycles. The van der Waals surface area contributed by atoms with Crippen molar-refractivity contribution in [3.05, 3.63) is 28.8 Å². The molecule has 0 spiro atoms. The third kappa shape index (κ3) is 3.46. The Labute approximate surface area is 143 Å². The number of hydrogen-bond acceptors (Lipinski definition) is 3. The number of nitrogens with one attached hydrogen (secondary N) is 2. The summed E-state index contributed by atoms with van der Waals surface area (Å²) in [5, 5.41) is 6.41. The molecule has 2 N–H and O–H groups in total. The molecule has 2 fully saturated rings. The first-order valence-electron chi connectivity index (χ1n) is 8.85. The molecule has 3 rings (SSSR count). The number of amides is 2. The highest BCUT2D eigenvalue weighted by molar-refractivity contribution is 6.01. The highest BCUT2D eigenvalue weighted by atomic mass is 16.2. The number of carbonyl (C=O) groups is 2. The number of aryl methyl sites for hydroxylation is 3. The molecule has 5 nitrogen and oxygen atoms in total. The zero-order chi connectivity index (χ0) is 17.3. The molecule has 0 radical (unpaired) electrons. The van der Waals surface area contributed by atoms with Gasteiger partial charge in [0, 0.05) is 31.2 Å². The number of carbonyl (C=O) groups excluding carboxylic acids is 2. The summed E-state index contributed by atoms with van der Waals surface area (Å²) in [6, 6.07) is 4.38. The molecule has 2 saturated heterocycles. The number of hydrogen-bond donors (Lipinski definition) is 2. The van der Waals surface area contributed by atoms with Crippen molar-refractivity contribution in [1.29, 1.82) is 0 Å². The van der Waals surface area contributed by atoms with Gasteiger partial charge in [0.25, 0.3) is 0 Å². The fourth-order valence-electron chi connectivity index (χ4n) is 3.99. The van der Waals surface area contributed by atoms with Crippen LogP contribution >= 0.6 is 0 Å². The highest BCUT2D eigenvalue weighted by Crippen LogP contribution is 2.31. The Hall–Kier alpha value is -1.88. The zero-order valence-corrected chi connectivity index (χ0v) is 14.8. The fraction of sp³-hybridized carbons (Fsp3) is 0.579. The van der Waals surface area contributed by atoms with Gasteiger partial charge < -0.3 is 15.5 Å². The molecule has 130 valence electrons. The van der Waals surface area contributed by atoms with Gasteiger partial charge in [-0.05, 0) is 51.3 Å². The summed E-state index contributed by atoms with van der Waals surface area (Å²) in [4.78, 5) is 26.8. The first kappa shape index (κ1) is 17.0. The van der Waals surface area contributed by atoms with E-state index in [1.54, 1.807) is 4.90 Å². The summed E-state index contributed by atoms with van der Waals surface area (Å²) in [6.45, 7) is 8.45. The lowest BCUT2D eigenvalue weighted by molar-refractivity contribution is -0.127. The number of piperidine rings is 1. The molecule has 1 aromatic rings. The molecule has 2 atom stereocenters. The van der Waals surface area contributed by atoms with Crippen LogP contribution in [-0.4, -0.2) is 37.5 Å². The molecular formula is C19H27N3O2. The van der Waals surface area contributed by atoms with Crippen LogP contribution in [0.5, 0.6) is 0 Å². The van der Waals surface area contributed by atoms with Crippen LogP contribution < -0.4 is 15.5 Å². The second kappa shape index (κ2) is 6.93. The average molecular weight is 329 g/mol. The van der Waals surface area contributed by atoms with Crippen LogP contribution in [0.1, 0.15) is 36.0 Å². The Morgan fingerprint density at radius 3 is 2.58 bits per heavy atom.